The summed E-state index contributed by atoms with van der Waals surface area (Å²) < 4.78 is 42.0. The molecule has 1 aliphatic heterocycles. The van der Waals surface area contributed by atoms with Crippen LogP contribution >= 0.6 is 0 Å². The molecular weight excluding hydrogens is 371 g/mol. The third-order valence-electron chi connectivity index (χ3n) is 4.35. The number of nitrogens with one attached hydrogen (secondary N) is 1. The number of alkyl halides is 3. The molecule has 0 saturated heterocycles. The number of amidine groups is 1. The topological polar surface area (TPSA) is 61.8 Å². The summed E-state index contributed by atoms with van der Waals surface area (Å²) in [7, 11) is 0. The number of benzene rings is 2. The van der Waals surface area contributed by atoms with Crippen molar-refractivity contribution in [3.63, 3.8) is 0 Å². The van der Waals surface area contributed by atoms with Crippen LogP contribution in [0.1, 0.15) is 24.5 Å². The Bertz CT molecular complexity index is 898. The molecule has 8 heteroatoms. The summed E-state index contributed by atoms with van der Waals surface area (Å²) in [5.41, 5.74) is -2.34. The highest BCUT2D eigenvalue weighted by molar-refractivity contribution is 6.16. The fourth-order valence-electron chi connectivity index (χ4n) is 2.91. The molecule has 1 heterocycles. The summed E-state index contributed by atoms with van der Waals surface area (Å²) in [6, 6.07) is 16.7. The molecule has 0 fully saturated rings. The quantitative estimate of drug-likeness (QED) is 0.853. The van der Waals surface area contributed by atoms with E-state index in [0.717, 1.165) is 4.90 Å². The second-order valence-electron chi connectivity index (χ2n) is 6.29. The maximum Gasteiger partial charge on any atom is 0.442 e. The van der Waals surface area contributed by atoms with Gasteiger partial charge in [0.1, 0.15) is 5.84 Å². The molecule has 1 atom stereocenters. The Morgan fingerprint density at radius 2 is 1.64 bits per heavy atom. The molecule has 146 valence electrons. The highest BCUT2D eigenvalue weighted by Crippen LogP contribution is 2.39. The van der Waals surface area contributed by atoms with Crippen LogP contribution in [0.2, 0.25) is 0 Å². The van der Waals surface area contributed by atoms with E-state index in [0.29, 0.717) is 11.1 Å². The highest BCUT2D eigenvalue weighted by Gasteiger charge is 2.67. The third kappa shape index (κ3) is 3.49. The van der Waals surface area contributed by atoms with Crippen LogP contribution in [0, 0.1) is 0 Å². The molecule has 0 radical (unpaired) electrons. The number of amides is 2. The summed E-state index contributed by atoms with van der Waals surface area (Å²) in [4.78, 5) is 29.5. The first-order valence-electron chi connectivity index (χ1n) is 8.67. The van der Waals surface area contributed by atoms with E-state index in [4.69, 9.17) is 0 Å². The molecule has 0 aliphatic carbocycles. The van der Waals surface area contributed by atoms with Gasteiger partial charge in [0.15, 0.2) is 0 Å². The van der Waals surface area contributed by atoms with Crippen LogP contribution in [0.3, 0.4) is 0 Å². The van der Waals surface area contributed by atoms with Crippen LogP contribution < -0.4 is 5.32 Å². The minimum Gasteiger partial charge on any atom is -0.316 e. The lowest BCUT2D eigenvalue weighted by molar-refractivity contribution is -0.200. The van der Waals surface area contributed by atoms with Gasteiger partial charge in [-0.3, -0.25) is 14.5 Å². The lowest BCUT2D eigenvalue weighted by Gasteiger charge is -2.29. The van der Waals surface area contributed by atoms with Gasteiger partial charge in [-0.25, -0.2) is 4.99 Å². The van der Waals surface area contributed by atoms with Gasteiger partial charge < -0.3 is 5.32 Å². The second kappa shape index (κ2) is 7.46. The number of aliphatic imine (C=N–C) groups is 1. The molecule has 0 saturated carbocycles. The first-order valence-corrected chi connectivity index (χ1v) is 8.67. The van der Waals surface area contributed by atoms with Gasteiger partial charge in [0.05, 0.1) is 6.54 Å². The zero-order chi connectivity index (χ0) is 20.4. The van der Waals surface area contributed by atoms with Gasteiger partial charge >= 0.3 is 11.8 Å². The molecule has 3 rings (SSSR count). The normalized spacial score (nSPS) is 19.5. The van der Waals surface area contributed by atoms with Crippen LogP contribution in [-0.2, 0) is 16.1 Å². The van der Waals surface area contributed by atoms with Gasteiger partial charge in [0.2, 0.25) is 5.91 Å². The van der Waals surface area contributed by atoms with Gasteiger partial charge in [-0.15, -0.1) is 0 Å². The highest BCUT2D eigenvalue weighted by atomic mass is 19.4. The molecular formula is C20H18F3N3O2. The number of halogens is 3. The minimum absolute atomic E-state index is 0.104. The Hall–Kier alpha value is -3.16. The van der Waals surface area contributed by atoms with E-state index in [-0.39, 0.29) is 18.8 Å². The van der Waals surface area contributed by atoms with E-state index in [1.165, 1.54) is 6.92 Å². The Morgan fingerprint density at radius 3 is 2.18 bits per heavy atom. The van der Waals surface area contributed by atoms with Crippen molar-refractivity contribution in [3.05, 3.63) is 71.8 Å². The molecule has 2 aromatic rings. The van der Waals surface area contributed by atoms with E-state index in [9.17, 15) is 22.8 Å². The number of carbonyl (C=O) groups is 2. The number of hydrogen-bond donors (Lipinski definition) is 1. The van der Waals surface area contributed by atoms with Crippen molar-refractivity contribution in [2.24, 2.45) is 4.99 Å². The standard InChI is InChI=1S/C20H18F3N3O2/c1-2-16(27)24-19(20(21,22)23)18(28)26(13-14-9-5-3-6-10-14)17(25-19)15-11-7-4-8-12-15/h3-12H,2,13H2,1H3,(H,24,27). The van der Waals surface area contributed by atoms with Gasteiger partial charge in [0.25, 0.3) is 5.91 Å². The molecule has 0 bridgehead atoms. The van der Waals surface area contributed by atoms with E-state index in [1.54, 1.807) is 66.0 Å². The maximum absolute atomic E-state index is 14.0. The average molecular weight is 389 g/mol. The average Bonchev–Trinajstić information content (AvgIpc) is 2.96. The van der Waals surface area contributed by atoms with Crippen molar-refractivity contribution >= 4 is 17.6 Å². The number of nitrogens with zero attached hydrogens (tertiary/aromatic N) is 2. The molecule has 2 amide bonds. The summed E-state index contributed by atoms with van der Waals surface area (Å²) in [6.45, 7) is 1.30. The molecule has 2 aromatic carbocycles. The lowest BCUT2D eigenvalue weighted by Crippen LogP contribution is -2.63. The first-order chi connectivity index (χ1) is 13.3. The van der Waals surface area contributed by atoms with Gasteiger partial charge in [-0.05, 0) is 5.56 Å². The lowest BCUT2D eigenvalue weighted by atomic mass is 10.1. The smallest absolute Gasteiger partial charge is 0.316 e. The Morgan fingerprint density at radius 1 is 1.07 bits per heavy atom. The predicted molar refractivity (Wildman–Crippen MR) is 97.2 cm³/mol. The maximum atomic E-state index is 14.0. The molecule has 1 aliphatic rings. The van der Waals surface area contributed by atoms with Crippen molar-refractivity contribution in [2.45, 2.75) is 31.7 Å². The Kier molecular flexibility index (Phi) is 5.22. The van der Waals surface area contributed by atoms with Crippen molar-refractivity contribution in [1.82, 2.24) is 10.2 Å². The first kappa shape index (κ1) is 19.6. The summed E-state index contributed by atoms with van der Waals surface area (Å²) in [5.74, 6) is -2.38. The fraction of sp³-hybridized carbons (Fsp3) is 0.250. The van der Waals surface area contributed by atoms with Crippen molar-refractivity contribution in [1.29, 1.82) is 0 Å². The molecule has 1 unspecified atom stereocenters. The predicted octanol–water partition coefficient (Wildman–Crippen LogP) is 3.26. The molecule has 5 nitrogen and oxygen atoms in total. The van der Waals surface area contributed by atoms with Crippen LogP contribution in [-0.4, -0.2) is 34.4 Å². The van der Waals surface area contributed by atoms with Gasteiger partial charge in [-0.2, -0.15) is 13.2 Å². The Balaban J connectivity index is 2.12. The SMILES string of the molecule is CCC(=O)NC1(C(F)(F)F)N=C(c2ccccc2)N(Cc2ccccc2)C1=O. The van der Waals surface area contributed by atoms with Gasteiger partial charge in [-0.1, -0.05) is 67.6 Å². The zero-order valence-electron chi connectivity index (χ0n) is 15.0. The third-order valence-corrected chi connectivity index (χ3v) is 4.35. The molecule has 1 N–H and O–H groups in total. The Labute approximate surface area is 159 Å². The largest absolute Gasteiger partial charge is 0.442 e. The summed E-state index contributed by atoms with van der Waals surface area (Å²) >= 11 is 0. The molecule has 0 spiro atoms. The van der Waals surface area contributed by atoms with Crippen LogP contribution in [0.4, 0.5) is 13.2 Å². The molecule has 0 aromatic heterocycles. The zero-order valence-corrected chi connectivity index (χ0v) is 15.0. The summed E-state index contributed by atoms with van der Waals surface area (Å²) in [5, 5.41) is 1.80. The van der Waals surface area contributed by atoms with Gasteiger partial charge in [0, 0.05) is 12.0 Å². The molecule has 28 heavy (non-hydrogen) atoms. The number of hydrogen-bond acceptors (Lipinski definition) is 3. The fourth-order valence-corrected chi connectivity index (χ4v) is 2.91. The van der Waals surface area contributed by atoms with Crippen LogP contribution in [0.15, 0.2) is 65.7 Å². The van der Waals surface area contributed by atoms with E-state index in [1.807, 2.05) is 0 Å². The van der Waals surface area contributed by atoms with Crippen molar-refractivity contribution in [2.75, 3.05) is 0 Å². The second-order valence-corrected chi connectivity index (χ2v) is 6.29. The van der Waals surface area contributed by atoms with Crippen molar-refractivity contribution < 1.29 is 22.8 Å². The van der Waals surface area contributed by atoms with Crippen LogP contribution in [0.5, 0.6) is 0 Å². The summed E-state index contributed by atoms with van der Waals surface area (Å²) in [6.07, 6.45) is -5.31. The minimum atomic E-state index is -5.10. The van der Waals surface area contributed by atoms with E-state index >= 15 is 0 Å². The van der Waals surface area contributed by atoms with Crippen molar-refractivity contribution in [3.8, 4) is 0 Å². The monoisotopic (exact) mass is 389 g/mol. The number of carbonyl (C=O) groups excluding carboxylic acids is 2. The van der Waals surface area contributed by atoms with E-state index in [2.05, 4.69) is 4.99 Å². The van der Waals surface area contributed by atoms with Crippen LogP contribution in [0.25, 0.3) is 0 Å². The number of rotatable bonds is 5. The van der Waals surface area contributed by atoms with E-state index < -0.39 is 23.7 Å².